The molecule has 0 saturated heterocycles. The molecule has 0 N–H and O–H groups in total. The number of benzene rings is 2. The summed E-state index contributed by atoms with van der Waals surface area (Å²) in [4.78, 5) is 0. The molecule has 6 rings (SSSR count). The first-order valence-corrected chi connectivity index (χ1v) is 11.0. The van der Waals surface area contributed by atoms with E-state index in [1.54, 1.807) is 0 Å². The van der Waals surface area contributed by atoms with Crippen LogP contribution in [0.5, 0.6) is 0 Å². The lowest BCUT2D eigenvalue weighted by molar-refractivity contribution is 0.229. The lowest BCUT2D eigenvalue weighted by Crippen LogP contribution is -2.36. The van der Waals surface area contributed by atoms with Crippen LogP contribution in [0.25, 0.3) is 0 Å². The van der Waals surface area contributed by atoms with Crippen LogP contribution in [0.3, 0.4) is 0 Å². The Bertz CT molecular complexity index is 1060. The average molecular weight is 446 g/mol. The van der Waals surface area contributed by atoms with Crippen molar-refractivity contribution in [2.75, 3.05) is 0 Å². The Hall–Kier alpha value is -2.50. The third-order valence-corrected chi connectivity index (χ3v) is 8.14. The van der Waals surface area contributed by atoms with E-state index in [0.717, 1.165) is 48.3 Å². The molecule has 0 amide bonds. The molecular weight excluding hydrogens is 426 g/mol. The summed E-state index contributed by atoms with van der Waals surface area (Å²) in [5, 5.41) is 0. The zero-order chi connectivity index (χ0) is 22.3. The van der Waals surface area contributed by atoms with Gasteiger partial charge in [-0.15, -0.1) is 0 Å². The summed E-state index contributed by atoms with van der Waals surface area (Å²) in [6.07, 6.45) is 7.37. The molecule has 0 unspecified atom stereocenters. The fraction of sp³-hybridized carbons (Fsp3) is 0.385. The minimum Gasteiger partial charge on any atom is -0.204 e. The van der Waals surface area contributed by atoms with E-state index >= 15 is 0 Å². The fourth-order valence-electron chi connectivity index (χ4n) is 7.16. The van der Waals surface area contributed by atoms with E-state index in [4.69, 9.17) is 0 Å². The second-order valence-corrected chi connectivity index (χ2v) is 9.56. The third-order valence-electron chi connectivity index (χ3n) is 8.14. The van der Waals surface area contributed by atoms with Gasteiger partial charge in [0.1, 0.15) is 0 Å². The van der Waals surface area contributed by atoms with Gasteiger partial charge in [0, 0.05) is 11.8 Å². The summed E-state index contributed by atoms with van der Waals surface area (Å²) in [6.45, 7) is 0. The molecular formula is C26H20F6. The largest absolute Gasteiger partial charge is 0.204 e. The summed E-state index contributed by atoms with van der Waals surface area (Å²) in [6, 6.07) is 4.37. The van der Waals surface area contributed by atoms with Gasteiger partial charge in [-0.25, -0.2) is 26.3 Å². The quantitative estimate of drug-likeness (QED) is 0.258. The molecule has 0 aromatic heterocycles. The van der Waals surface area contributed by atoms with E-state index in [1.807, 2.05) is 0 Å². The first kappa shape index (κ1) is 20.1. The van der Waals surface area contributed by atoms with Gasteiger partial charge in [-0.2, -0.15) is 0 Å². The van der Waals surface area contributed by atoms with Crippen LogP contribution in [0.15, 0.2) is 47.6 Å². The van der Waals surface area contributed by atoms with Gasteiger partial charge in [0.25, 0.3) is 0 Å². The maximum Gasteiger partial charge on any atom is 0.194 e. The molecule has 2 aromatic carbocycles. The van der Waals surface area contributed by atoms with Crippen molar-refractivity contribution in [2.24, 2.45) is 23.7 Å². The Morgan fingerprint density at radius 2 is 0.938 bits per heavy atom. The van der Waals surface area contributed by atoms with Crippen molar-refractivity contribution in [1.82, 2.24) is 0 Å². The second-order valence-electron chi connectivity index (χ2n) is 9.56. The minimum atomic E-state index is -1.48. The van der Waals surface area contributed by atoms with Crippen molar-refractivity contribution in [3.8, 4) is 0 Å². The molecule has 0 aliphatic heterocycles. The van der Waals surface area contributed by atoms with Crippen molar-refractivity contribution < 1.29 is 26.3 Å². The van der Waals surface area contributed by atoms with Crippen LogP contribution < -0.4 is 0 Å². The van der Waals surface area contributed by atoms with Crippen LogP contribution >= 0.6 is 0 Å². The first-order chi connectivity index (χ1) is 15.3. The van der Waals surface area contributed by atoms with Crippen LogP contribution in [0.4, 0.5) is 26.3 Å². The van der Waals surface area contributed by atoms with E-state index in [9.17, 15) is 26.3 Å². The maximum absolute atomic E-state index is 14.2. The molecule has 6 atom stereocenters. The van der Waals surface area contributed by atoms with Crippen LogP contribution in [0.2, 0.25) is 0 Å². The Morgan fingerprint density at radius 3 is 1.31 bits per heavy atom. The molecule has 166 valence electrons. The van der Waals surface area contributed by atoms with Crippen molar-refractivity contribution in [3.05, 3.63) is 93.6 Å². The summed E-state index contributed by atoms with van der Waals surface area (Å²) in [7, 11) is 0. The predicted molar refractivity (Wildman–Crippen MR) is 107 cm³/mol. The van der Waals surface area contributed by atoms with E-state index in [1.165, 1.54) is 0 Å². The van der Waals surface area contributed by atoms with Gasteiger partial charge >= 0.3 is 0 Å². The highest BCUT2D eigenvalue weighted by atomic mass is 19.2. The molecule has 0 radical (unpaired) electrons. The van der Waals surface area contributed by atoms with Gasteiger partial charge in [-0.3, -0.25) is 0 Å². The number of allylic oxidation sites excluding steroid dienone is 4. The predicted octanol–water partition coefficient (Wildman–Crippen LogP) is 7.32. The molecule has 1 fully saturated rings. The SMILES string of the molecule is Fc1cc([C@H]2C3=C(CCC3)[C@@H](c3cc(F)c(F)c(F)c3)[C@H]3[C@@H]2[C@@H]2C=C[C@H]3C2)cc(F)c1F. The Morgan fingerprint density at radius 1 is 0.562 bits per heavy atom. The molecule has 0 nitrogen and oxygen atoms in total. The fourth-order valence-corrected chi connectivity index (χ4v) is 7.16. The molecule has 0 spiro atoms. The highest BCUT2D eigenvalue weighted by Crippen LogP contribution is 2.66. The highest BCUT2D eigenvalue weighted by Gasteiger charge is 2.56. The first-order valence-electron chi connectivity index (χ1n) is 11.0. The molecule has 2 bridgehead atoms. The zero-order valence-corrected chi connectivity index (χ0v) is 17.0. The van der Waals surface area contributed by atoms with Gasteiger partial charge in [-0.05, 0) is 84.7 Å². The monoisotopic (exact) mass is 446 g/mol. The number of halogens is 6. The Kier molecular flexibility index (Phi) is 4.40. The Labute approximate surface area is 181 Å². The summed E-state index contributed by atoms with van der Waals surface area (Å²) in [5.74, 6) is -8.05. The Balaban J connectivity index is 1.56. The number of hydrogen-bond donors (Lipinski definition) is 0. The second kappa shape index (κ2) is 7.00. The molecule has 0 heterocycles. The highest BCUT2D eigenvalue weighted by molar-refractivity contribution is 5.48. The van der Waals surface area contributed by atoms with E-state index < -0.39 is 34.9 Å². The maximum atomic E-state index is 14.2. The molecule has 1 saturated carbocycles. The number of rotatable bonds is 2. The summed E-state index contributed by atoms with van der Waals surface area (Å²) in [5.41, 5.74) is 2.91. The summed E-state index contributed by atoms with van der Waals surface area (Å²) < 4.78 is 84.1. The third kappa shape index (κ3) is 2.70. The van der Waals surface area contributed by atoms with E-state index in [0.29, 0.717) is 24.0 Å². The normalized spacial score (nSPS) is 32.6. The van der Waals surface area contributed by atoms with Crippen LogP contribution in [0.1, 0.15) is 48.6 Å². The van der Waals surface area contributed by atoms with Crippen molar-refractivity contribution in [2.45, 2.75) is 37.5 Å². The molecule has 32 heavy (non-hydrogen) atoms. The van der Waals surface area contributed by atoms with Crippen molar-refractivity contribution in [1.29, 1.82) is 0 Å². The van der Waals surface area contributed by atoms with Gasteiger partial charge in [0.05, 0.1) is 0 Å². The minimum absolute atomic E-state index is 0.0210. The molecule has 4 aliphatic carbocycles. The van der Waals surface area contributed by atoms with Crippen molar-refractivity contribution in [3.63, 3.8) is 0 Å². The zero-order valence-electron chi connectivity index (χ0n) is 17.0. The van der Waals surface area contributed by atoms with Crippen molar-refractivity contribution >= 4 is 0 Å². The van der Waals surface area contributed by atoms with E-state index in [-0.39, 0.29) is 35.5 Å². The number of hydrogen-bond acceptors (Lipinski definition) is 0. The van der Waals surface area contributed by atoms with Gasteiger partial charge in [-0.1, -0.05) is 23.3 Å². The molecule has 4 aliphatic rings. The lowest BCUT2D eigenvalue weighted by Gasteiger charge is -2.46. The van der Waals surface area contributed by atoms with Gasteiger partial charge < -0.3 is 0 Å². The molecule has 2 aromatic rings. The van der Waals surface area contributed by atoms with Gasteiger partial charge in [0.2, 0.25) is 0 Å². The lowest BCUT2D eigenvalue weighted by atomic mass is 9.58. The van der Waals surface area contributed by atoms with Crippen LogP contribution in [0, 0.1) is 58.6 Å². The number of fused-ring (bicyclic) bond motifs is 5. The van der Waals surface area contributed by atoms with Crippen LogP contribution in [-0.2, 0) is 0 Å². The van der Waals surface area contributed by atoms with Gasteiger partial charge in [0.15, 0.2) is 34.9 Å². The van der Waals surface area contributed by atoms with E-state index in [2.05, 4.69) is 12.2 Å². The standard InChI is InChI=1S/C26H20F6/c27-17-7-13(8-18(28)25(17)31)21-15-2-1-3-16(15)22(14-9-19(29)26(32)20(30)10-14)24-12-5-4-11(6-12)23(21)24/h4-5,7-12,21-24H,1-3,6H2/t11-,12+,21+,22-,23-,24+. The molecule has 6 heteroatoms. The van der Waals surface area contributed by atoms with Crippen LogP contribution in [-0.4, -0.2) is 0 Å². The average Bonchev–Trinajstić information content (AvgIpc) is 3.49. The summed E-state index contributed by atoms with van der Waals surface area (Å²) >= 11 is 0. The smallest absolute Gasteiger partial charge is 0.194 e. The topological polar surface area (TPSA) is 0 Å².